The second-order valence-electron chi connectivity index (χ2n) is 8.52. The van der Waals surface area contributed by atoms with Crippen LogP contribution in [0.1, 0.15) is 53.9 Å². The molecule has 7 N–H and O–H groups in total. The number of carboxylic acid groups (broad SMARTS) is 1. The zero-order valence-corrected chi connectivity index (χ0v) is 20.7. The van der Waals surface area contributed by atoms with Gasteiger partial charge < -0.3 is 31.9 Å². The maximum Gasteiger partial charge on any atom is 0.326 e. The second kappa shape index (κ2) is 15.1. The van der Waals surface area contributed by atoms with Crippen LogP contribution in [-0.2, 0) is 19.2 Å². The number of hydrogen-bond donors (Lipinski definition) is 6. The predicted octanol–water partition coefficient (Wildman–Crippen LogP) is 0.0788. The molecule has 0 rings (SSSR count). The minimum atomic E-state index is -1.38. The fraction of sp³-hybridized carbons (Fsp3) is 0.810. The molecule has 0 saturated heterocycles. The molecule has 0 bridgehead atoms. The van der Waals surface area contributed by atoms with Gasteiger partial charge in [0.1, 0.15) is 18.1 Å². The first-order valence-electron chi connectivity index (χ1n) is 10.9. The quantitative estimate of drug-likeness (QED) is 0.193. The van der Waals surface area contributed by atoms with Crippen molar-refractivity contribution in [3.63, 3.8) is 0 Å². The average Bonchev–Trinajstić information content (AvgIpc) is 2.70. The number of aliphatic carboxylic acids is 1. The third kappa shape index (κ3) is 10.6. The van der Waals surface area contributed by atoms with E-state index < -0.39 is 54.0 Å². The number of aliphatic hydroxyl groups is 1. The van der Waals surface area contributed by atoms with Gasteiger partial charge in [-0.25, -0.2) is 4.79 Å². The summed E-state index contributed by atoms with van der Waals surface area (Å²) in [5.41, 5.74) is 5.92. The highest BCUT2D eigenvalue weighted by Crippen LogP contribution is 2.11. The molecule has 0 aliphatic heterocycles. The van der Waals surface area contributed by atoms with Crippen LogP contribution in [0.3, 0.4) is 0 Å². The van der Waals surface area contributed by atoms with Gasteiger partial charge in [-0.1, -0.05) is 34.1 Å². The molecule has 0 aliphatic carbocycles. The van der Waals surface area contributed by atoms with E-state index in [-0.39, 0.29) is 18.3 Å². The predicted molar refractivity (Wildman–Crippen MR) is 125 cm³/mol. The van der Waals surface area contributed by atoms with Crippen LogP contribution < -0.4 is 21.7 Å². The fourth-order valence-electron chi connectivity index (χ4n) is 2.98. The number of aliphatic hydroxyl groups excluding tert-OH is 1. The van der Waals surface area contributed by atoms with Crippen LogP contribution in [0, 0.1) is 11.8 Å². The number of thioether (sulfide) groups is 1. The van der Waals surface area contributed by atoms with Gasteiger partial charge in [0, 0.05) is 0 Å². The molecule has 0 aromatic carbocycles. The Bertz CT molecular complexity index is 631. The van der Waals surface area contributed by atoms with E-state index >= 15 is 0 Å². The van der Waals surface area contributed by atoms with E-state index in [2.05, 4.69) is 16.0 Å². The molecule has 0 heterocycles. The first kappa shape index (κ1) is 30.1. The minimum Gasteiger partial charge on any atom is -0.480 e. The maximum absolute atomic E-state index is 13.0. The van der Waals surface area contributed by atoms with Crippen molar-refractivity contribution in [2.45, 2.75) is 84.2 Å². The Morgan fingerprint density at radius 1 is 0.938 bits per heavy atom. The van der Waals surface area contributed by atoms with Crippen LogP contribution in [0.25, 0.3) is 0 Å². The highest BCUT2D eigenvalue weighted by atomic mass is 32.2. The van der Waals surface area contributed by atoms with Gasteiger partial charge in [0.15, 0.2) is 0 Å². The molecule has 0 aromatic heterocycles. The Hall–Kier alpha value is -1.85. The van der Waals surface area contributed by atoms with Crippen molar-refractivity contribution in [1.82, 2.24) is 16.0 Å². The highest BCUT2D eigenvalue weighted by molar-refractivity contribution is 7.98. The van der Waals surface area contributed by atoms with E-state index in [1.165, 1.54) is 18.7 Å². The largest absolute Gasteiger partial charge is 0.480 e. The maximum atomic E-state index is 13.0. The molecule has 186 valence electrons. The average molecular weight is 477 g/mol. The number of carboxylic acids is 1. The van der Waals surface area contributed by atoms with Crippen molar-refractivity contribution in [3.8, 4) is 0 Å². The summed E-state index contributed by atoms with van der Waals surface area (Å²) in [6, 6.07) is -4.27. The number of hydrogen-bond acceptors (Lipinski definition) is 7. The minimum absolute atomic E-state index is 0.196. The molecule has 6 unspecified atom stereocenters. The Morgan fingerprint density at radius 2 is 1.47 bits per heavy atom. The Kier molecular flexibility index (Phi) is 14.2. The van der Waals surface area contributed by atoms with Crippen LogP contribution >= 0.6 is 11.8 Å². The lowest BCUT2D eigenvalue weighted by atomic mass is 9.96. The van der Waals surface area contributed by atoms with Crippen LogP contribution in [0.2, 0.25) is 0 Å². The molecular formula is C21H40N4O6S. The van der Waals surface area contributed by atoms with Gasteiger partial charge in [-0.15, -0.1) is 0 Å². The van der Waals surface area contributed by atoms with Crippen LogP contribution in [-0.4, -0.2) is 76.2 Å². The number of carbonyl (C=O) groups excluding carboxylic acids is 3. The molecular weight excluding hydrogens is 436 g/mol. The van der Waals surface area contributed by atoms with Crippen molar-refractivity contribution in [1.29, 1.82) is 0 Å². The monoisotopic (exact) mass is 476 g/mol. The van der Waals surface area contributed by atoms with E-state index in [9.17, 15) is 29.4 Å². The van der Waals surface area contributed by atoms with Gasteiger partial charge >= 0.3 is 5.97 Å². The molecule has 0 aromatic rings. The number of nitrogens with two attached hydrogens (primary N) is 1. The van der Waals surface area contributed by atoms with Crippen LogP contribution in [0.15, 0.2) is 0 Å². The summed E-state index contributed by atoms with van der Waals surface area (Å²) in [7, 11) is 0. The summed E-state index contributed by atoms with van der Waals surface area (Å²) in [5.74, 6) is -2.69. The molecule has 10 nitrogen and oxygen atoms in total. The molecule has 0 fully saturated rings. The van der Waals surface area contributed by atoms with Gasteiger partial charge in [-0.3, -0.25) is 14.4 Å². The van der Waals surface area contributed by atoms with E-state index in [0.717, 1.165) is 0 Å². The summed E-state index contributed by atoms with van der Waals surface area (Å²) in [6.07, 6.45) is 1.74. The number of carbonyl (C=O) groups is 4. The molecule has 0 radical (unpaired) electrons. The van der Waals surface area contributed by atoms with Gasteiger partial charge in [-0.2, -0.15) is 11.8 Å². The van der Waals surface area contributed by atoms with Crippen LogP contribution in [0.5, 0.6) is 0 Å². The first-order valence-corrected chi connectivity index (χ1v) is 12.3. The molecule has 0 spiro atoms. The number of amides is 3. The van der Waals surface area contributed by atoms with Crippen molar-refractivity contribution in [2.75, 3.05) is 12.0 Å². The Balaban J connectivity index is 5.42. The van der Waals surface area contributed by atoms with E-state index in [1.807, 2.05) is 27.0 Å². The lowest BCUT2D eigenvalue weighted by Crippen LogP contribution is -2.61. The van der Waals surface area contributed by atoms with Gasteiger partial charge in [0.25, 0.3) is 0 Å². The highest BCUT2D eigenvalue weighted by Gasteiger charge is 2.34. The smallest absolute Gasteiger partial charge is 0.326 e. The lowest BCUT2D eigenvalue weighted by Gasteiger charge is -2.29. The number of rotatable bonds is 15. The van der Waals surface area contributed by atoms with E-state index in [0.29, 0.717) is 18.6 Å². The first-order chi connectivity index (χ1) is 14.8. The van der Waals surface area contributed by atoms with Crippen molar-refractivity contribution < 1.29 is 29.4 Å². The number of nitrogens with one attached hydrogen (secondary N) is 3. The standard InChI is InChI=1S/C21H40N4O6S/c1-7-12(4)16(24-18(27)14(22)10-11(2)3)19(28)25-17(13(5)26)20(29)23-15(21(30)31)8-9-32-6/h11-17,26H,7-10,22H2,1-6H3,(H,23,29)(H,24,27)(H,25,28)(H,30,31). The molecule has 6 atom stereocenters. The summed E-state index contributed by atoms with van der Waals surface area (Å²) < 4.78 is 0. The van der Waals surface area contributed by atoms with E-state index in [4.69, 9.17) is 5.73 Å². The Labute approximate surface area is 194 Å². The zero-order chi connectivity index (χ0) is 25.0. The fourth-order valence-corrected chi connectivity index (χ4v) is 3.45. The summed E-state index contributed by atoms with van der Waals surface area (Å²) in [4.78, 5) is 49.5. The molecule has 0 aliphatic rings. The SMILES string of the molecule is CCC(C)C(NC(=O)C(N)CC(C)C)C(=O)NC(C(=O)NC(CCSC)C(=O)O)C(C)O. The van der Waals surface area contributed by atoms with Crippen molar-refractivity contribution >= 4 is 35.5 Å². The zero-order valence-electron chi connectivity index (χ0n) is 19.9. The molecule has 32 heavy (non-hydrogen) atoms. The van der Waals surface area contributed by atoms with E-state index in [1.54, 1.807) is 6.92 Å². The molecule has 3 amide bonds. The molecule has 11 heteroatoms. The van der Waals surface area contributed by atoms with Crippen LogP contribution in [0.4, 0.5) is 0 Å². The summed E-state index contributed by atoms with van der Waals surface area (Å²) >= 11 is 1.44. The second-order valence-corrected chi connectivity index (χ2v) is 9.50. The topological polar surface area (TPSA) is 171 Å². The van der Waals surface area contributed by atoms with Crippen molar-refractivity contribution in [3.05, 3.63) is 0 Å². The summed E-state index contributed by atoms with van der Waals surface area (Å²) in [6.45, 7) is 8.81. The lowest BCUT2D eigenvalue weighted by molar-refractivity contribution is -0.143. The van der Waals surface area contributed by atoms with Crippen molar-refractivity contribution in [2.24, 2.45) is 17.6 Å². The van der Waals surface area contributed by atoms with Gasteiger partial charge in [-0.05, 0) is 43.6 Å². The normalized spacial score (nSPS) is 16.9. The Morgan fingerprint density at radius 3 is 1.91 bits per heavy atom. The van der Waals surface area contributed by atoms with Gasteiger partial charge in [0.05, 0.1) is 12.1 Å². The van der Waals surface area contributed by atoms with Gasteiger partial charge in [0.2, 0.25) is 17.7 Å². The third-order valence-electron chi connectivity index (χ3n) is 5.14. The summed E-state index contributed by atoms with van der Waals surface area (Å²) in [5, 5.41) is 26.9. The third-order valence-corrected chi connectivity index (χ3v) is 5.79. The molecule has 0 saturated carbocycles.